The monoisotopic (exact) mass is 291 g/mol. The third kappa shape index (κ3) is 1.84. The molecule has 3 heterocycles. The highest BCUT2D eigenvalue weighted by molar-refractivity contribution is 6.06. The van der Waals surface area contributed by atoms with Gasteiger partial charge in [-0.25, -0.2) is 4.98 Å². The van der Waals surface area contributed by atoms with E-state index in [0.717, 1.165) is 23.4 Å². The maximum absolute atomic E-state index is 13.0. The molecule has 1 aliphatic rings. The second-order valence-electron chi connectivity index (χ2n) is 5.88. The van der Waals surface area contributed by atoms with Crippen LogP contribution in [0.15, 0.2) is 48.7 Å². The van der Waals surface area contributed by atoms with Crippen LogP contribution in [-0.2, 0) is 6.42 Å². The van der Waals surface area contributed by atoms with Crippen LogP contribution in [0.3, 0.4) is 0 Å². The molecular formula is C18H17N3O. The van der Waals surface area contributed by atoms with E-state index in [1.807, 2.05) is 58.8 Å². The summed E-state index contributed by atoms with van der Waals surface area (Å²) < 4.78 is 1.96. The first-order valence-corrected chi connectivity index (χ1v) is 7.51. The lowest BCUT2D eigenvalue weighted by Gasteiger charge is -2.21. The zero-order chi connectivity index (χ0) is 15.3. The Morgan fingerprint density at radius 2 is 2.00 bits per heavy atom. The first-order chi connectivity index (χ1) is 10.6. The molecule has 1 aliphatic heterocycles. The molecule has 0 spiro atoms. The van der Waals surface area contributed by atoms with Crippen LogP contribution in [-0.4, -0.2) is 21.3 Å². The highest BCUT2D eigenvalue weighted by Gasteiger charge is 2.32. The van der Waals surface area contributed by atoms with Crippen LogP contribution < -0.4 is 4.90 Å². The molecule has 0 radical (unpaired) electrons. The molecule has 1 atom stereocenters. The molecule has 0 bridgehead atoms. The molecule has 4 rings (SSSR count). The van der Waals surface area contributed by atoms with Crippen molar-refractivity contribution in [2.75, 3.05) is 4.90 Å². The quantitative estimate of drug-likeness (QED) is 0.690. The molecule has 22 heavy (non-hydrogen) atoms. The Morgan fingerprint density at radius 3 is 2.82 bits per heavy atom. The van der Waals surface area contributed by atoms with Gasteiger partial charge in [-0.2, -0.15) is 0 Å². The van der Waals surface area contributed by atoms with Crippen LogP contribution in [0.25, 0.3) is 5.65 Å². The topological polar surface area (TPSA) is 37.6 Å². The van der Waals surface area contributed by atoms with Crippen LogP contribution in [0, 0.1) is 6.92 Å². The fraction of sp³-hybridized carbons (Fsp3) is 0.222. The molecule has 0 fully saturated rings. The Balaban J connectivity index is 1.79. The number of aromatic nitrogens is 2. The van der Waals surface area contributed by atoms with Crippen molar-refractivity contribution in [2.45, 2.75) is 26.3 Å². The van der Waals surface area contributed by atoms with Gasteiger partial charge in [0.05, 0.1) is 0 Å². The minimum absolute atomic E-state index is 0.0273. The third-order valence-electron chi connectivity index (χ3n) is 4.34. The lowest BCUT2D eigenvalue weighted by atomic mass is 10.1. The Hall–Kier alpha value is -2.62. The summed E-state index contributed by atoms with van der Waals surface area (Å²) in [6.45, 7) is 4.09. The van der Waals surface area contributed by atoms with Gasteiger partial charge in [-0.15, -0.1) is 0 Å². The van der Waals surface area contributed by atoms with Gasteiger partial charge in [-0.05, 0) is 44.0 Å². The molecule has 1 aromatic carbocycles. The Labute approximate surface area is 129 Å². The maximum atomic E-state index is 13.0. The number of carbonyl (C=O) groups excluding carboxylic acids is 1. The molecular weight excluding hydrogens is 274 g/mol. The molecule has 0 saturated heterocycles. The van der Waals surface area contributed by atoms with E-state index in [1.54, 1.807) is 0 Å². The molecule has 0 aliphatic carbocycles. The van der Waals surface area contributed by atoms with Crippen molar-refractivity contribution < 1.29 is 4.79 Å². The molecule has 1 unspecified atom stereocenters. The van der Waals surface area contributed by atoms with Gasteiger partial charge in [0, 0.05) is 23.6 Å². The Bertz CT molecular complexity index is 881. The number of hydrogen-bond acceptors (Lipinski definition) is 2. The van der Waals surface area contributed by atoms with Gasteiger partial charge in [0.15, 0.2) is 0 Å². The van der Waals surface area contributed by atoms with Gasteiger partial charge in [0.2, 0.25) is 0 Å². The number of benzene rings is 1. The average molecular weight is 291 g/mol. The molecule has 1 amide bonds. The number of amides is 1. The summed E-state index contributed by atoms with van der Waals surface area (Å²) >= 11 is 0. The van der Waals surface area contributed by atoms with Crippen molar-refractivity contribution in [3.8, 4) is 0 Å². The van der Waals surface area contributed by atoms with E-state index in [4.69, 9.17) is 0 Å². The average Bonchev–Trinajstić information content (AvgIpc) is 3.07. The summed E-state index contributed by atoms with van der Waals surface area (Å²) in [6, 6.07) is 14.2. The number of anilines is 1. The van der Waals surface area contributed by atoms with Crippen molar-refractivity contribution in [2.24, 2.45) is 0 Å². The Kier molecular flexibility index (Phi) is 2.79. The van der Waals surface area contributed by atoms with Crippen LogP contribution in [0.1, 0.15) is 28.7 Å². The lowest BCUT2D eigenvalue weighted by molar-refractivity contribution is 0.0977. The number of nitrogens with zero attached hydrogens (tertiary/aromatic N) is 3. The smallest absolute Gasteiger partial charge is 0.278 e. The van der Waals surface area contributed by atoms with E-state index in [2.05, 4.69) is 18.0 Å². The van der Waals surface area contributed by atoms with E-state index in [9.17, 15) is 4.79 Å². The number of para-hydroxylation sites is 1. The highest BCUT2D eigenvalue weighted by atomic mass is 16.2. The number of aryl methyl sites for hydroxylation is 1. The van der Waals surface area contributed by atoms with Gasteiger partial charge >= 0.3 is 0 Å². The largest absolute Gasteiger partial charge is 0.304 e. The van der Waals surface area contributed by atoms with Crippen molar-refractivity contribution in [1.82, 2.24) is 9.38 Å². The summed E-state index contributed by atoms with van der Waals surface area (Å²) in [5, 5.41) is 0. The van der Waals surface area contributed by atoms with Crippen LogP contribution in [0.5, 0.6) is 0 Å². The predicted molar refractivity (Wildman–Crippen MR) is 86.3 cm³/mol. The molecule has 3 aromatic rings. The minimum Gasteiger partial charge on any atom is -0.304 e. The molecule has 4 heteroatoms. The number of carbonyl (C=O) groups is 1. The fourth-order valence-electron chi connectivity index (χ4n) is 3.25. The van der Waals surface area contributed by atoms with Gasteiger partial charge in [0.1, 0.15) is 11.3 Å². The van der Waals surface area contributed by atoms with Gasteiger partial charge in [-0.3, -0.25) is 4.79 Å². The molecule has 2 aromatic heterocycles. The molecule has 0 N–H and O–H groups in total. The first-order valence-electron chi connectivity index (χ1n) is 7.51. The number of imidazole rings is 1. The van der Waals surface area contributed by atoms with Crippen molar-refractivity contribution in [3.05, 3.63) is 65.6 Å². The van der Waals surface area contributed by atoms with Gasteiger partial charge in [-0.1, -0.05) is 24.3 Å². The molecule has 4 nitrogen and oxygen atoms in total. The summed E-state index contributed by atoms with van der Waals surface area (Å²) in [7, 11) is 0. The first kappa shape index (κ1) is 13.1. The van der Waals surface area contributed by atoms with Crippen molar-refractivity contribution in [3.63, 3.8) is 0 Å². The summed E-state index contributed by atoms with van der Waals surface area (Å²) in [5.74, 6) is -0.0273. The van der Waals surface area contributed by atoms with E-state index in [-0.39, 0.29) is 11.9 Å². The Morgan fingerprint density at radius 1 is 1.18 bits per heavy atom. The van der Waals surface area contributed by atoms with Crippen LogP contribution >= 0.6 is 0 Å². The summed E-state index contributed by atoms with van der Waals surface area (Å²) in [4.78, 5) is 19.3. The third-order valence-corrected chi connectivity index (χ3v) is 4.34. The molecule has 110 valence electrons. The van der Waals surface area contributed by atoms with Crippen LogP contribution in [0.4, 0.5) is 5.69 Å². The zero-order valence-electron chi connectivity index (χ0n) is 12.7. The second kappa shape index (κ2) is 4.70. The SMILES string of the molecule is Cc1cccc2nc(C(=O)N3c4ccccc4CC3C)cn12. The van der Waals surface area contributed by atoms with Crippen LogP contribution in [0.2, 0.25) is 0 Å². The van der Waals surface area contributed by atoms with Crippen molar-refractivity contribution in [1.29, 1.82) is 0 Å². The van der Waals surface area contributed by atoms with E-state index < -0.39 is 0 Å². The van der Waals surface area contributed by atoms with Gasteiger partial charge < -0.3 is 9.30 Å². The fourth-order valence-corrected chi connectivity index (χ4v) is 3.25. The lowest BCUT2D eigenvalue weighted by Crippen LogP contribution is -2.35. The maximum Gasteiger partial charge on any atom is 0.278 e. The molecule has 0 saturated carbocycles. The number of rotatable bonds is 1. The van der Waals surface area contributed by atoms with E-state index >= 15 is 0 Å². The minimum atomic E-state index is -0.0273. The predicted octanol–water partition coefficient (Wildman–Crippen LogP) is 3.23. The zero-order valence-corrected chi connectivity index (χ0v) is 12.7. The number of fused-ring (bicyclic) bond motifs is 2. The van der Waals surface area contributed by atoms with E-state index in [1.165, 1.54) is 5.56 Å². The number of hydrogen-bond donors (Lipinski definition) is 0. The second-order valence-corrected chi connectivity index (χ2v) is 5.88. The van der Waals surface area contributed by atoms with E-state index in [0.29, 0.717) is 5.69 Å². The highest BCUT2D eigenvalue weighted by Crippen LogP contribution is 2.32. The number of pyridine rings is 1. The normalized spacial score (nSPS) is 17.0. The van der Waals surface area contributed by atoms with Gasteiger partial charge in [0.25, 0.3) is 5.91 Å². The standard InChI is InChI=1S/C18H17N3O/c1-12-6-5-9-17-19-15(11-20(12)17)18(22)21-13(2)10-14-7-3-4-8-16(14)21/h3-9,11,13H,10H2,1-2H3. The summed E-state index contributed by atoms with van der Waals surface area (Å²) in [6.07, 6.45) is 2.73. The van der Waals surface area contributed by atoms with Crippen molar-refractivity contribution >= 4 is 17.2 Å². The summed E-state index contributed by atoms with van der Waals surface area (Å²) in [5.41, 5.74) is 4.61.